The monoisotopic (exact) mass is 513 g/mol. The van der Waals surface area contributed by atoms with Gasteiger partial charge in [-0.05, 0) is 29.3 Å². The summed E-state index contributed by atoms with van der Waals surface area (Å²) in [5, 5.41) is 1.74. The van der Waals surface area contributed by atoms with E-state index in [2.05, 4.69) is 62.2 Å². The molecule has 188 valence electrons. The topological polar surface area (TPSA) is 66.5 Å². The van der Waals surface area contributed by atoms with Crippen molar-refractivity contribution in [2.24, 2.45) is 0 Å². The first-order chi connectivity index (χ1) is 18.2. The summed E-state index contributed by atoms with van der Waals surface area (Å²) in [4.78, 5) is 17.7. The van der Waals surface area contributed by atoms with Crippen LogP contribution in [0.2, 0.25) is 5.02 Å². The lowest BCUT2D eigenvalue weighted by Gasteiger charge is -2.40. The Bertz CT molecular complexity index is 1530. The summed E-state index contributed by atoms with van der Waals surface area (Å²) in [6.45, 7) is 3.50. The Morgan fingerprint density at radius 1 is 0.838 bits per heavy atom. The Morgan fingerprint density at radius 2 is 1.51 bits per heavy atom. The molecule has 0 unspecified atom stereocenters. The van der Waals surface area contributed by atoms with Gasteiger partial charge in [0.2, 0.25) is 0 Å². The van der Waals surface area contributed by atoms with Crippen LogP contribution >= 0.6 is 11.6 Å². The number of anilines is 1. The maximum atomic E-state index is 6.20. The van der Waals surface area contributed by atoms with Gasteiger partial charge in [-0.25, -0.2) is 9.97 Å². The van der Waals surface area contributed by atoms with Crippen LogP contribution in [0.4, 0.5) is 5.82 Å². The summed E-state index contributed by atoms with van der Waals surface area (Å²) in [6.07, 6.45) is 1.65. The number of benzene rings is 3. The number of methoxy groups -OCH3 is 2. The molecule has 2 aromatic heterocycles. The molecule has 7 nitrogen and oxygen atoms in total. The van der Waals surface area contributed by atoms with Crippen LogP contribution in [-0.4, -0.2) is 60.3 Å². The van der Waals surface area contributed by atoms with E-state index in [1.54, 1.807) is 20.5 Å². The molecule has 0 radical (unpaired) electrons. The summed E-state index contributed by atoms with van der Waals surface area (Å²) < 4.78 is 11.0. The first kappa shape index (κ1) is 23.6. The predicted molar refractivity (Wildman–Crippen MR) is 148 cm³/mol. The average molecular weight is 514 g/mol. The number of aromatic nitrogens is 3. The van der Waals surface area contributed by atoms with Crippen molar-refractivity contribution in [2.75, 3.05) is 45.3 Å². The highest BCUT2D eigenvalue weighted by atomic mass is 35.5. The molecule has 3 heterocycles. The van der Waals surface area contributed by atoms with E-state index < -0.39 is 0 Å². The van der Waals surface area contributed by atoms with Crippen LogP contribution in [0.25, 0.3) is 21.9 Å². The molecule has 0 saturated carbocycles. The largest absolute Gasteiger partial charge is 0.493 e. The van der Waals surface area contributed by atoms with Gasteiger partial charge in [-0.15, -0.1) is 0 Å². The zero-order chi connectivity index (χ0) is 25.4. The number of H-pyrrole nitrogens is 1. The summed E-state index contributed by atoms with van der Waals surface area (Å²) in [6, 6.07) is 23.0. The zero-order valence-electron chi connectivity index (χ0n) is 20.8. The third kappa shape index (κ3) is 4.34. The summed E-state index contributed by atoms with van der Waals surface area (Å²) >= 11 is 6.20. The van der Waals surface area contributed by atoms with Gasteiger partial charge in [0.25, 0.3) is 0 Å². The molecule has 5 aromatic rings. The van der Waals surface area contributed by atoms with Gasteiger partial charge in [0.05, 0.1) is 25.8 Å². The average Bonchev–Trinajstić information content (AvgIpc) is 3.32. The minimum absolute atomic E-state index is 0.166. The van der Waals surface area contributed by atoms with Gasteiger partial charge in [-0.2, -0.15) is 0 Å². The predicted octanol–water partition coefficient (Wildman–Crippen LogP) is 5.69. The summed E-state index contributed by atoms with van der Waals surface area (Å²) in [5.41, 5.74) is 5.28. The number of aromatic amines is 1. The second kappa shape index (κ2) is 9.92. The van der Waals surface area contributed by atoms with E-state index >= 15 is 0 Å². The number of ether oxygens (including phenoxy) is 2. The van der Waals surface area contributed by atoms with Crippen molar-refractivity contribution in [3.8, 4) is 11.5 Å². The fourth-order valence-corrected chi connectivity index (χ4v) is 5.46. The van der Waals surface area contributed by atoms with Crippen LogP contribution in [0.5, 0.6) is 11.5 Å². The van der Waals surface area contributed by atoms with Crippen molar-refractivity contribution in [3.05, 3.63) is 89.2 Å². The quantitative estimate of drug-likeness (QED) is 0.314. The molecule has 1 atom stereocenters. The zero-order valence-corrected chi connectivity index (χ0v) is 21.6. The Morgan fingerprint density at radius 3 is 2.22 bits per heavy atom. The molecule has 3 aromatic carbocycles. The number of nitrogens with zero attached hydrogens (tertiary/aromatic N) is 4. The number of halogens is 1. The van der Waals surface area contributed by atoms with Crippen LogP contribution in [-0.2, 0) is 0 Å². The smallest absolute Gasteiger partial charge is 0.162 e. The van der Waals surface area contributed by atoms with Gasteiger partial charge in [0.15, 0.2) is 17.3 Å². The second-order valence-corrected chi connectivity index (χ2v) is 9.62. The molecule has 37 heavy (non-hydrogen) atoms. The lowest BCUT2D eigenvalue weighted by Crippen LogP contribution is -2.48. The number of hydrogen-bond acceptors (Lipinski definition) is 6. The Hall–Kier alpha value is -3.81. The molecule has 0 aliphatic carbocycles. The maximum Gasteiger partial charge on any atom is 0.162 e. The molecule has 8 heteroatoms. The van der Waals surface area contributed by atoms with Gasteiger partial charge >= 0.3 is 0 Å². The first-order valence-corrected chi connectivity index (χ1v) is 12.7. The molecule has 1 aliphatic heterocycles. The minimum atomic E-state index is 0.166. The number of piperazine rings is 1. The number of rotatable bonds is 6. The van der Waals surface area contributed by atoms with E-state index in [0.29, 0.717) is 11.5 Å². The Kier molecular flexibility index (Phi) is 6.32. The standard InChI is InChI=1S/C29H28ClN5O2/c1-36-24-16-22-23(17-25(24)37-2)33-27-26(22)31-18-32-29(27)35-14-12-34(13-15-35)28(19-6-4-3-5-7-19)20-8-10-21(30)11-9-20/h3-11,16-18,28,33H,12-15H2,1-2H3/t28-/m0/s1. The Balaban J connectivity index is 1.30. The van der Waals surface area contributed by atoms with Gasteiger partial charge in [0, 0.05) is 42.7 Å². The number of hydrogen-bond donors (Lipinski definition) is 1. The fraction of sp³-hybridized carbons (Fsp3) is 0.241. The molecular formula is C29H28ClN5O2. The Labute approximate surface area is 220 Å². The van der Waals surface area contributed by atoms with Crippen molar-refractivity contribution in [1.29, 1.82) is 0 Å². The van der Waals surface area contributed by atoms with Crippen molar-refractivity contribution < 1.29 is 9.47 Å². The lowest BCUT2D eigenvalue weighted by atomic mass is 9.96. The van der Waals surface area contributed by atoms with Crippen LogP contribution in [0.1, 0.15) is 17.2 Å². The molecule has 1 saturated heterocycles. The van der Waals surface area contributed by atoms with E-state index in [4.69, 9.17) is 26.1 Å². The van der Waals surface area contributed by atoms with E-state index in [0.717, 1.165) is 59.0 Å². The van der Waals surface area contributed by atoms with Gasteiger partial charge in [-0.1, -0.05) is 54.1 Å². The van der Waals surface area contributed by atoms with Gasteiger partial charge in [-0.3, -0.25) is 4.90 Å². The van der Waals surface area contributed by atoms with Gasteiger partial charge in [0.1, 0.15) is 17.4 Å². The van der Waals surface area contributed by atoms with Gasteiger partial charge < -0.3 is 19.4 Å². The molecule has 6 rings (SSSR count). The summed E-state index contributed by atoms with van der Waals surface area (Å²) in [7, 11) is 3.29. The normalized spacial score (nSPS) is 15.3. The molecule has 1 N–H and O–H groups in total. The second-order valence-electron chi connectivity index (χ2n) is 9.19. The van der Waals surface area contributed by atoms with E-state index in [-0.39, 0.29) is 6.04 Å². The molecule has 1 fully saturated rings. The van der Waals surface area contributed by atoms with Crippen molar-refractivity contribution in [1.82, 2.24) is 19.9 Å². The highest BCUT2D eigenvalue weighted by molar-refractivity contribution is 6.30. The van der Waals surface area contributed by atoms with Crippen LogP contribution < -0.4 is 14.4 Å². The molecule has 0 amide bonds. The van der Waals surface area contributed by atoms with Crippen molar-refractivity contribution >= 4 is 39.4 Å². The van der Waals surface area contributed by atoms with Crippen molar-refractivity contribution in [2.45, 2.75) is 6.04 Å². The van der Waals surface area contributed by atoms with E-state index in [9.17, 15) is 0 Å². The van der Waals surface area contributed by atoms with Crippen LogP contribution in [0.15, 0.2) is 73.1 Å². The molecule has 0 bridgehead atoms. The third-order valence-electron chi connectivity index (χ3n) is 7.15. The van der Waals surface area contributed by atoms with Crippen LogP contribution in [0, 0.1) is 0 Å². The highest BCUT2D eigenvalue weighted by Gasteiger charge is 2.28. The third-order valence-corrected chi connectivity index (χ3v) is 7.40. The summed E-state index contributed by atoms with van der Waals surface area (Å²) in [5.74, 6) is 2.28. The SMILES string of the molecule is COc1cc2[nH]c3c(N4CCN([C@@H](c5ccccc5)c5ccc(Cl)cc5)CC4)ncnc3c2cc1OC. The van der Waals surface area contributed by atoms with E-state index in [1.807, 2.05) is 24.3 Å². The fourth-order valence-electron chi connectivity index (χ4n) is 5.33. The lowest BCUT2D eigenvalue weighted by molar-refractivity contribution is 0.212. The van der Waals surface area contributed by atoms with Crippen molar-refractivity contribution in [3.63, 3.8) is 0 Å². The molecule has 0 spiro atoms. The van der Waals surface area contributed by atoms with E-state index in [1.165, 1.54) is 11.1 Å². The number of fused-ring (bicyclic) bond motifs is 3. The minimum Gasteiger partial charge on any atom is -0.493 e. The van der Waals surface area contributed by atoms with Crippen LogP contribution in [0.3, 0.4) is 0 Å². The maximum absolute atomic E-state index is 6.20. The molecular weight excluding hydrogens is 486 g/mol. The highest BCUT2D eigenvalue weighted by Crippen LogP contribution is 2.37. The molecule has 1 aliphatic rings. The first-order valence-electron chi connectivity index (χ1n) is 12.3. The number of nitrogens with one attached hydrogen (secondary N) is 1.